The van der Waals surface area contributed by atoms with Crippen LogP contribution in [0.4, 0.5) is 5.69 Å². The van der Waals surface area contributed by atoms with Gasteiger partial charge in [0, 0.05) is 5.69 Å². The van der Waals surface area contributed by atoms with Crippen LogP contribution >= 0.6 is 0 Å². The van der Waals surface area contributed by atoms with Gasteiger partial charge in [-0.3, -0.25) is 9.59 Å². The van der Waals surface area contributed by atoms with Gasteiger partial charge in [-0.15, -0.1) is 0 Å². The quantitative estimate of drug-likeness (QED) is 0.624. The van der Waals surface area contributed by atoms with E-state index in [0.717, 1.165) is 16.9 Å². The van der Waals surface area contributed by atoms with E-state index in [1.54, 1.807) is 31.4 Å². The van der Waals surface area contributed by atoms with Crippen molar-refractivity contribution < 1.29 is 19.1 Å². The van der Waals surface area contributed by atoms with Crippen LogP contribution in [0.1, 0.15) is 11.1 Å². The van der Waals surface area contributed by atoms with Crippen molar-refractivity contribution in [1.82, 2.24) is 5.32 Å². The van der Waals surface area contributed by atoms with Crippen LogP contribution in [-0.4, -0.2) is 32.1 Å². The second-order valence-electron chi connectivity index (χ2n) is 5.61. The molecule has 0 saturated carbocycles. The van der Waals surface area contributed by atoms with Crippen LogP contribution in [-0.2, 0) is 9.59 Å². The number of anilines is 1. The highest BCUT2D eigenvalue weighted by Gasteiger charge is 2.13. The molecular weight excluding hydrogens is 320 g/mol. The highest BCUT2D eigenvalue weighted by molar-refractivity contribution is 6.39. The molecule has 0 spiro atoms. The second-order valence-corrected chi connectivity index (χ2v) is 5.61. The number of benzene rings is 2. The molecule has 25 heavy (non-hydrogen) atoms. The monoisotopic (exact) mass is 342 g/mol. The Morgan fingerprint density at radius 2 is 1.52 bits per heavy atom. The Balaban J connectivity index is 1.74. The summed E-state index contributed by atoms with van der Waals surface area (Å²) in [6.07, 6.45) is 0. The van der Waals surface area contributed by atoms with Crippen LogP contribution in [0.25, 0.3) is 0 Å². The van der Waals surface area contributed by atoms with Crippen LogP contribution in [0.15, 0.2) is 42.5 Å². The van der Waals surface area contributed by atoms with E-state index < -0.39 is 11.8 Å². The maximum atomic E-state index is 11.9. The van der Waals surface area contributed by atoms with Crippen molar-refractivity contribution >= 4 is 17.5 Å². The minimum absolute atomic E-state index is 0.227. The minimum atomic E-state index is -0.700. The van der Waals surface area contributed by atoms with Gasteiger partial charge in [0.25, 0.3) is 0 Å². The molecule has 0 saturated heterocycles. The van der Waals surface area contributed by atoms with Gasteiger partial charge >= 0.3 is 11.8 Å². The summed E-state index contributed by atoms with van der Waals surface area (Å²) in [6, 6.07) is 12.7. The molecule has 0 atom stereocenters. The number of nitrogens with one attached hydrogen (secondary N) is 2. The van der Waals surface area contributed by atoms with E-state index in [9.17, 15) is 9.59 Å². The summed E-state index contributed by atoms with van der Waals surface area (Å²) in [4.78, 5) is 23.7. The second kappa shape index (κ2) is 8.73. The van der Waals surface area contributed by atoms with E-state index in [4.69, 9.17) is 9.47 Å². The summed E-state index contributed by atoms with van der Waals surface area (Å²) in [6.45, 7) is 4.35. The number of carbonyl (C=O) groups excluding carboxylic acids is 2. The Kier molecular flexibility index (Phi) is 6.39. The third-order valence-electron chi connectivity index (χ3n) is 3.40. The van der Waals surface area contributed by atoms with Gasteiger partial charge < -0.3 is 20.1 Å². The first kappa shape index (κ1) is 18.3. The lowest BCUT2D eigenvalue weighted by Crippen LogP contribution is -2.37. The van der Waals surface area contributed by atoms with Gasteiger partial charge in [0.1, 0.15) is 18.1 Å². The smallest absolute Gasteiger partial charge is 0.313 e. The highest BCUT2D eigenvalue weighted by atomic mass is 16.5. The van der Waals surface area contributed by atoms with E-state index in [2.05, 4.69) is 10.6 Å². The SMILES string of the molecule is COc1ccc(OCCNC(=O)C(=O)Nc2cc(C)cc(C)c2)cc1. The van der Waals surface area contributed by atoms with E-state index >= 15 is 0 Å². The first-order valence-electron chi connectivity index (χ1n) is 7.92. The minimum Gasteiger partial charge on any atom is -0.497 e. The fourth-order valence-corrected chi connectivity index (χ4v) is 2.32. The van der Waals surface area contributed by atoms with Crippen LogP contribution in [0.3, 0.4) is 0 Å². The van der Waals surface area contributed by atoms with Gasteiger partial charge in [-0.05, 0) is 61.4 Å². The van der Waals surface area contributed by atoms with Crippen molar-refractivity contribution in [2.24, 2.45) is 0 Å². The van der Waals surface area contributed by atoms with Gasteiger partial charge in [-0.1, -0.05) is 6.07 Å². The molecule has 0 radical (unpaired) electrons. The molecule has 0 aliphatic carbocycles. The zero-order valence-corrected chi connectivity index (χ0v) is 14.6. The third-order valence-corrected chi connectivity index (χ3v) is 3.40. The van der Waals surface area contributed by atoms with Crippen LogP contribution < -0.4 is 20.1 Å². The van der Waals surface area contributed by atoms with Crippen LogP contribution in [0.2, 0.25) is 0 Å². The molecule has 2 rings (SSSR count). The Morgan fingerprint density at radius 1 is 0.920 bits per heavy atom. The van der Waals surface area contributed by atoms with E-state index in [1.807, 2.05) is 32.0 Å². The lowest BCUT2D eigenvalue weighted by atomic mass is 10.1. The number of carbonyl (C=O) groups is 2. The summed E-state index contributed by atoms with van der Waals surface area (Å²) in [7, 11) is 1.59. The van der Waals surface area contributed by atoms with E-state index in [-0.39, 0.29) is 13.2 Å². The third kappa shape index (κ3) is 5.84. The molecule has 2 aromatic carbocycles. The zero-order chi connectivity index (χ0) is 18.2. The molecule has 2 aromatic rings. The predicted octanol–water partition coefficient (Wildman–Crippen LogP) is 2.45. The topological polar surface area (TPSA) is 76.7 Å². The summed E-state index contributed by atoms with van der Waals surface area (Å²) < 4.78 is 10.5. The average Bonchev–Trinajstić information content (AvgIpc) is 2.58. The highest BCUT2D eigenvalue weighted by Crippen LogP contribution is 2.16. The lowest BCUT2D eigenvalue weighted by molar-refractivity contribution is -0.136. The van der Waals surface area contributed by atoms with Crippen molar-refractivity contribution in [3.63, 3.8) is 0 Å². The normalized spacial score (nSPS) is 10.0. The molecule has 0 aromatic heterocycles. The Labute approximate surface area is 147 Å². The molecular formula is C19H22N2O4. The van der Waals surface area contributed by atoms with Gasteiger partial charge in [0.05, 0.1) is 13.7 Å². The first-order chi connectivity index (χ1) is 12.0. The lowest BCUT2D eigenvalue weighted by Gasteiger charge is -2.09. The molecule has 2 amide bonds. The largest absolute Gasteiger partial charge is 0.497 e. The molecule has 0 bridgehead atoms. The maximum absolute atomic E-state index is 11.9. The number of hydrogen-bond donors (Lipinski definition) is 2. The average molecular weight is 342 g/mol. The van der Waals surface area contributed by atoms with Crippen molar-refractivity contribution in [3.05, 3.63) is 53.6 Å². The van der Waals surface area contributed by atoms with Gasteiger partial charge in [0.2, 0.25) is 0 Å². The summed E-state index contributed by atoms with van der Waals surface area (Å²) >= 11 is 0. The number of aryl methyl sites for hydroxylation is 2. The number of methoxy groups -OCH3 is 1. The number of rotatable bonds is 6. The van der Waals surface area contributed by atoms with Gasteiger partial charge in [-0.25, -0.2) is 0 Å². The summed E-state index contributed by atoms with van der Waals surface area (Å²) in [5.41, 5.74) is 2.64. The van der Waals surface area contributed by atoms with E-state index in [0.29, 0.717) is 11.4 Å². The standard InChI is InChI=1S/C19H22N2O4/c1-13-10-14(2)12-15(11-13)21-19(23)18(22)20-8-9-25-17-6-4-16(24-3)5-7-17/h4-7,10-12H,8-9H2,1-3H3,(H,20,22)(H,21,23). The zero-order valence-electron chi connectivity index (χ0n) is 14.6. The molecule has 6 nitrogen and oxygen atoms in total. The predicted molar refractivity (Wildman–Crippen MR) is 96.0 cm³/mol. The molecule has 6 heteroatoms. The van der Waals surface area contributed by atoms with Gasteiger partial charge in [0.15, 0.2) is 0 Å². The summed E-state index contributed by atoms with van der Waals surface area (Å²) in [5.74, 6) is 0.00498. The Hall–Kier alpha value is -3.02. The fourth-order valence-electron chi connectivity index (χ4n) is 2.32. The van der Waals surface area contributed by atoms with Crippen molar-refractivity contribution in [3.8, 4) is 11.5 Å². The Bertz CT molecular complexity index is 721. The molecule has 0 heterocycles. The maximum Gasteiger partial charge on any atom is 0.313 e. The molecule has 0 aliphatic heterocycles. The number of hydrogen-bond acceptors (Lipinski definition) is 4. The number of amides is 2. The van der Waals surface area contributed by atoms with Crippen molar-refractivity contribution in [1.29, 1.82) is 0 Å². The summed E-state index contributed by atoms with van der Waals surface area (Å²) in [5, 5.41) is 5.11. The van der Waals surface area contributed by atoms with Crippen LogP contribution in [0.5, 0.6) is 11.5 Å². The molecule has 2 N–H and O–H groups in total. The fraction of sp³-hybridized carbons (Fsp3) is 0.263. The van der Waals surface area contributed by atoms with E-state index in [1.165, 1.54) is 0 Å². The molecule has 132 valence electrons. The van der Waals surface area contributed by atoms with Crippen LogP contribution in [0, 0.1) is 13.8 Å². The molecule has 0 aliphatic rings. The molecule has 0 unspecified atom stereocenters. The van der Waals surface area contributed by atoms with Gasteiger partial charge in [-0.2, -0.15) is 0 Å². The van der Waals surface area contributed by atoms with Crippen molar-refractivity contribution in [2.45, 2.75) is 13.8 Å². The first-order valence-corrected chi connectivity index (χ1v) is 7.92. The molecule has 0 fully saturated rings. The Morgan fingerprint density at radius 3 is 2.12 bits per heavy atom. The number of ether oxygens (including phenoxy) is 2. The van der Waals surface area contributed by atoms with Crippen molar-refractivity contribution in [2.75, 3.05) is 25.6 Å².